The van der Waals surface area contributed by atoms with Crippen molar-refractivity contribution in [3.05, 3.63) is 29.8 Å². The van der Waals surface area contributed by atoms with Gasteiger partial charge in [-0.2, -0.15) is 4.58 Å². The lowest BCUT2D eigenvalue weighted by Crippen LogP contribution is -2.30. The van der Waals surface area contributed by atoms with Crippen molar-refractivity contribution in [2.24, 2.45) is 0 Å². The number of hydrogen-bond donors (Lipinski definition) is 2. The Morgan fingerprint density at radius 3 is 2.79 bits per heavy atom. The Hall–Kier alpha value is -1.41. The smallest absolute Gasteiger partial charge is 0.303 e. The van der Waals surface area contributed by atoms with E-state index in [2.05, 4.69) is 39.9 Å². The van der Waals surface area contributed by atoms with Gasteiger partial charge in [0.1, 0.15) is 6.54 Å². The minimum Gasteiger partial charge on any atom is -0.481 e. The molecule has 0 bridgehead atoms. The van der Waals surface area contributed by atoms with Crippen LogP contribution in [0.15, 0.2) is 24.3 Å². The molecule has 0 aromatic heterocycles. The quantitative estimate of drug-likeness (QED) is 0.219. The Kier molecular flexibility index (Phi) is 6.79. The van der Waals surface area contributed by atoms with Gasteiger partial charge in [0.15, 0.2) is 5.71 Å². The van der Waals surface area contributed by atoms with E-state index >= 15 is 0 Å². The van der Waals surface area contributed by atoms with Crippen molar-refractivity contribution in [3.8, 4) is 0 Å². The first-order chi connectivity index (χ1) is 11.5. The van der Waals surface area contributed by atoms with Crippen LogP contribution in [0.25, 0.3) is 0 Å². The highest BCUT2D eigenvalue weighted by molar-refractivity contribution is 7.94. The average molecular weight is 354 g/mol. The Morgan fingerprint density at radius 2 is 2.08 bits per heavy atom. The monoisotopic (exact) mass is 354 g/mol. The third-order valence-corrected chi connectivity index (χ3v) is 5.36. The van der Waals surface area contributed by atoms with E-state index in [1.807, 2.05) is 12.1 Å². The van der Waals surface area contributed by atoms with Gasteiger partial charge in [0.05, 0.1) is 5.41 Å². The molecule has 0 amide bonds. The summed E-state index contributed by atoms with van der Waals surface area (Å²) in [4.78, 5) is 10.8. The molecule has 2 N–H and O–H groups in total. The van der Waals surface area contributed by atoms with Crippen molar-refractivity contribution in [1.29, 1.82) is 0 Å². The van der Waals surface area contributed by atoms with Gasteiger partial charge in [0.2, 0.25) is 5.69 Å². The van der Waals surface area contributed by atoms with Gasteiger partial charge in [-0.1, -0.05) is 23.2 Å². The summed E-state index contributed by atoms with van der Waals surface area (Å²) >= 11 is 1.06. The van der Waals surface area contributed by atoms with Gasteiger partial charge in [0, 0.05) is 49.2 Å². The fraction of sp³-hybridized carbons (Fsp3) is 0.529. The number of para-hydroxylation sites is 1. The molecular formula is C17H24NO5S+. The van der Waals surface area contributed by atoms with Gasteiger partial charge in [-0.05, 0) is 19.8 Å². The van der Waals surface area contributed by atoms with E-state index in [0.29, 0.717) is 12.2 Å². The highest BCUT2D eigenvalue weighted by atomic mass is 32.2. The molecule has 7 heteroatoms. The molecule has 1 aliphatic heterocycles. The zero-order chi connectivity index (χ0) is 17.6. The maximum Gasteiger partial charge on any atom is 0.303 e. The van der Waals surface area contributed by atoms with Gasteiger partial charge < -0.3 is 5.11 Å². The highest BCUT2D eigenvalue weighted by Crippen LogP contribution is 2.42. The fourth-order valence-electron chi connectivity index (χ4n) is 3.38. The van der Waals surface area contributed by atoms with Crippen LogP contribution < -0.4 is 0 Å². The molecule has 1 aromatic rings. The van der Waals surface area contributed by atoms with Gasteiger partial charge >= 0.3 is 5.97 Å². The van der Waals surface area contributed by atoms with Crippen LogP contribution in [0, 0.1) is 0 Å². The second-order valence-electron chi connectivity index (χ2n) is 6.15. The molecule has 0 radical (unpaired) electrons. The molecule has 6 nitrogen and oxygen atoms in total. The molecule has 0 aliphatic carbocycles. The first kappa shape index (κ1) is 18.9. The van der Waals surface area contributed by atoms with E-state index < -0.39 is 5.97 Å². The molecule has 0 saturated heterocycles. The lowest BCUT2D eigenvalue weighted by atomic mass is 9.76. The second-order valence-corrected chi connectivity index (χ2v) is 6.93. The minimum absolute atomic E-state index is 0.135. The van der Waals surface area contributed by atoms with Gasteiger partial charge in [0.25, 0.3) is 0 Å². The SMILES string of the molecule is CC1=[N+](CCCSOOO)c2ccccc2C1(C)CCCC(=O)O. The summed E-state index contributed by atoms with van der Waals surface area (Å²) in [6, 6.07) is 8.31. The van der Waals surface area contributed by atoms with Crippen molar-refractivity contribution < 1.29 is 29.1 Å². The van der Waals surface area contributed by atoms with Gasteiger partial charge in [-0.15, -0.1) is 4.33 Å². The van der Waals surface area contributed by atoms with E-state index in [9.17, 15) is 4.79 Å². The molecule has 1 heterocycles. The van der Waals surface area contributed by atoms with Crippen molar-refractivity contribution in [2.75, 3.05) is 12.3 Å². The van der Waals surface area contributed by atoms with Crippen LogP contribution in [0.5, 0.6) is 0 Å². The van der Waals surface area contributed by atoms with E-state index in [-0.39, 0.29) is 11.8 Å². The van der Waals surface area contributed by atoms with E-state index in [1.165, 1.54) is 17.0 Å². The molecule has 0 fully saturated rings. The summed E-state index contributed by atoms with van der Waals surface area (Å²) in [5.41, 5.74) is 3.57. The van der Waals surface area contributed by atoms with Crippen molar-refractivity contribution in [2.45, 2.75) is 44.9 Å². The lowest BCUT2D eigenvalue weighted by molar-refractivity contribution is -0.439. The number of benzene rings is 1. The summed E-state index contributed by atoms with van der Waals surface area (Å²) < 4.78 is 6.70. The molecule has 2 rings (SSSR count). The predicted octanol–water partition coefficient (Wildman–Crippen LogP) is 3.78. The predicted molar refractivity (Wildman–Crippen MR) is 92.6 cm³/mol. The van der Waals surface area contributed by atoms with Crippen LogP contribution in [0.3, 0.4) is 0 Å². The Morgan fingerprint density at radius 1 is 1.33 bits per heavy atom. The summed E-state index contributed by atoms with van der Waals surface area (Å²) in [7, 11) is 0. The number of nitrogens with zero attached hydrogens (tertiary/aromatic N) is 1. The standard InChI is InChI=1S/C17H23NO5S/c1-13-17(2,10-5-9-16(19)20)14-7-3-4-8-15(14)18(13)11-6-12-24-23-22-21/h3-4,7-8H,5-6,9-12H2,1-2H3,(H-,19,20,21)/p+1. The Balaban J connectivity index is 2.14. The zero-order valence-corrected chi connectivity index (χ0v) is 14.8. The van der Waals surface area contributed by atoms with Crippen LogP contribution in [0.4, 0.5) is 5.69 Å². The van der Waals surface area contributed by atoms with Gasteiger partial charge in [-0.3, -0.25) is 4.79 Å². The molecule has 1 unspecified atom stereocenters. The topological polar surface area (TPSA) is 79.0 Å². The number of aliphatic carboxylic acids is 1. The summed E-state index contributed by atoms with van der Waals surface area (Å²) in [5.74, 6) is -0.0510. The summed E-state index contributed by atoms with van der Waals surface area (Å²) in [5, 5.41) is 20.6. The Labute approximate surface area is 146 Å². The van der Waals surface area contributed by atoms with E-state index in [4.69, 9.17) is 10.4 Å². The first-order valence-electron chi connectivity index (χ1n) is 8.03. The van der Waals surface area contributed by atoms with E-state index in [0.717, 1.165) is 31.4 Å². The van der Waals surface area contributed by atoms with Crippen molar-refractivity contribution in [1.82, 2.24) is 0 Å². The zero-order valence-electron chi connectivity index (χ0n) is 14.0. The third-order valence-electron chi connectivity index (χ3n) is 4.75. The Bertz CT molecular complexity index is 619. The number of hydrogen-bond acceptors (Lipinski definition) is 5. The highest BCUT2D eigenvalue weighted by Gasteiger charge is 2.45. The number of carboxylic acids is 1. The van der Waals surface area contributed by atoms with Crippen molar-refractivity contribution >= 4 is 29.4 Å². The first-order valence-corrected chi connectivity index (χ1v) is 8.94. The molecule has 24 heavy (non-hydrogen) atoms. The van der Waals surface area contributed by atoms with Crippen LogP contribution >= 0.6 is 12.0 Å². The third kappa shape index (κ3) is 4.16. The van der Waals surface area contributed by atoms with Crippen LogP contribution in [-0.4, -0.2) is 38.9 Å². The van der Waals surface area contributed by atoms with Crippen molar-refractivity contribution in [3.63, 3.8) is 0 Å². The number of rotatable bonds is 10. The number of carboxylic acid groups (broad SMARTS) is 1. The number of carbonyl (C=O) groups is 1. The fourth-order valence-corrected chi connectivity index (χ4v) is 3.74. The van der Waals surface area contributed by atoms with Crippen LogP contribution in [0.2, 0.25) is 0 Å². The molecule has 132 valence electrons. The normalized spacial score (nSPS) is 19.6. The van der Waals surface area contributed by atoms with E-state index in [1.54, 1.807) is 0 Å². The molecular weight excluding hydrogens is 330 g/mol. The summed E-state index contributed by atoms with van der Waals surface area (Å²) in [6.45, 7) is 5.15. The lowest BCUT2D eigenvalue weighted by Gasteiger charge is -2.21. The summed E-state index contributed by atoms with van der Waals surface area (Å²) in [6.07, 6.45) is 2.53. The second kappa shape index (κ2) is 8.62. The van der Waals surface area contributed by atoms with Crippen LogP contribution in [-0.2, 0) is 19.6 Å². The molecule has 1 aliphatic rings. The maximum absolute atomic E-state index is 10.8. The molecule has 1 atom stereocenters. The number of fused-ring (bicyclic) bond motifs is 1. The maximum atomic E-state index is 10.8. The minimum atomic E-state index is -0.748. The average Bonchev–Trinajstić information content (AvgIpc) is 2.77. The van der Waals surface area contributed by atoms with Gasteiger partial charge in [-0.25, -0.2) is 5.26 Å². The molecule has 1 aromatic carbocycles. The van der Waals surface area contributed by atoms with Crippen LogP contribution in [0.1, 0.15) is 45.1 Å². The molecule has 0 saturated carbocycles. The molecule has 0 spiro atoms. The largest absolute Gasteiger partial charge is 0.481 e.